The minimum Gasteiger partial charge on any atom is -0.353 e. The Kier molecular flexibility index (Phi) is 4.84. The van der Waals surface area contributed by atoms with Crippen LogP contribution in [0.2, 0.25) is 0 Å². The second-order valence-corrected chi connectivity index (χ2v) is 7.38. The molecule has 1 aliphatic rings. The first kappa shape index (κ1) is 16.2. The molecule has 2 rings (SSSR count). The summed E-state index contributed by atoms with van der Waals surface area (Å²) in [6.45, 7) is 11.6. The molecule has 2 unspecified atom stereocenters. The number of hydrogen-bond donors (Lipinski definition) is 1. The highest BCUT2D eigenvalue weighted by molar-refractivity contribution is 5.38. The molecule has 1 N–H and O–H groups in total. The fraction of sp³-hybridized carbons (Fsp3) is 0.750. The molecule has 5 nitrogen and oxygen atoms in total. The highest BCUT2D eigenvalue weighted by Gasteiger charge is 2.31. The molecule has 1 aromatic heterocycles. The number of rotatable bonds is 4. The van der Waals surface area contributed by atoms with Crippen LogP contribution < -0.4 is 10.2 Å². The van der Waals surface area contributed by atoms with Crippen LogP contribution in [0.5, 0.6) is 0 Å². The van der Waals surface area contributed by atoms with Gasteiger partial charge in [-0.1, -0.05) is 6.92 Å². The van der Waals surface area contributed by atoms with Crippen LogP contribution in [0.15, 0.2) is 12.4 Å². The van der Waals surface area contributed by atoms with Gasteiger partial charge >= 0.3 is 0 Å². The van der Waals surface area contributed by atoms with Crippen LogP contribution in [0.4, 0.5) is 5.82 Å². The zero-order valence-corrected chi connectivity index (χ0v) is 14.2. The number of nitrogens with zero attached hydrogens (tertiary/aromatic N) is 4. The van der Waals surface area contributed by atoms with Gasteiger partial charge in [0.25, 0.3) is 0 Å². The van der Waals surface area contributed by atoms with Crippen LogP contribution in [0.1, 0.15) is 33.4 Å². The molecule has 1 aromatic rings. The van der Waals surface area contributed by atoms with Crippen molar-refractivity contribution in [2.45, 2.75) is 45.8 Å². The van der Waals surface area contributed by atoms with E-state index >= 15 is 0 Å². The third-order valence-corrected chi connectivity index (χ3v) is 4.05. The Morgan fingerprint density at radius 3 is 2.43 bits per heavy atom. The van der Waals surface area contributed by atoms with Gasteiger partial charge in [-0.05, 0) is 40.8 Å². The average molecular weight is 291 g/mol. The Bertz CT molecular complexity index is 449. The summed E-state index contributed by atoms with van der Waals surface area (Å²) in [6, 6.07) is 0.592. The predicted octanol–water partition coefficient (Wildman–Crippen LogP) is 1.75. The van der Waals surface area contributed by atoms with Gasteiger partial charge in [-0.3, -0.25) is 4.98 Å². The highest BCUT2D eigenvalue weighted by atomic mass is 15.3. The lowest BCUT2D eigenvalue weighted by Crippen LogP contribution is -2.35. The van der Waals surface area contributed by atoms with Crippen LogP contribution in [-0.4, -0.2) is 53.6 Å². The molecule has 0 spiro atoms. The van der Waals surface area contributed by atoms with Crippen LogP contribution in [0, 0.1) is 5.92 Å². The summed E-state index contributed by atoms with van der Waals surface area (Å²) in [5.74, 6) is 1.65. The van der Waals surface area contributed by atoms with Gasteiger partial charge in [0.1, 0.15) is 5.82 Å². The maximum atomic E-state index is 4.59. The van der Waals surface area contributed by atoms with Gasteiger partial charge in [0, 0.05) is 31.2 Å². The summed E-state index contributed by atoms with van der Waals surface area (Å²) in [7, 11) is 4.30. The summed E-state index contributed by atoms with van der Waals surface area (Å²) in [5.41, 5.74) is 1.09. The predicted molar refractivity (Wildman–Crippen MR) is 87.5 cm³/mol. The van der Waals surface area contributed by atoms with E-state index in [2.05, 4.69) is 66.9 Å². The van der Waals surface area contributed by atoms with Crippen molar-refractivity contribution in [3.63, 3.8) is 0 Å². The van der Waals surface area contributed by atoms with Crippen molar-refractivity contribution in [3.05, 3.63) is 18.1 Å². The smallest absolute Gasteiger partial charge is 0.147 e. The molecule has 0 bridgehead atoms. The minimum absolute atomic E-state index is 0.101. The Labute approximate surface area is 128 Å². The fourth-order valence-electron chi connectivity index (χ4n) is 2.77. The standard InChI is InChI=1S/C16H29N5/c1-12-10-21(11-14(12)20(5)6)15-9-17-13(7-18-15)8-19-16(2,3)4/h7,9,12,14,19H,8,10-11H2,1-6H3. The fourth-order valence-corrected chi connectivity index (χ4v) is 2.77. The quantitative estimate of drug-likeness (QED) is 0.915. The zero-order valence-electron chi connectivity index (χ0n) is 14.2. The second-order valence-electron chi connectivity index (χ2n) is 7.38. The molecule has 5 heteroatoms. The number of nitrogens with one attached hydrogen (secondary N) is 1. The van der Waals surface area contributed by atoms with E-state index in [1.165, 1.54) is 0 Å². The molecule has 0 aliphatic carbocycles. The molecule has 0 amide bonds. The molecule has 0 saturated carbocycles. The van der Waals surface area contributed by atoms with E-state index in [9.17, 15) is 0 Å². The van der Waals surface area contributed by atoms with Crippen LogP contribution in [-0.2, 0) is 6.54 Å². The SMILES string of the molecule is CC1CN(c2cnc(CNC(C)(C)C)cn2)CC1N(C)C. The molecule has 21 heavy (non-hydrogen) atoms. The van der Waals surface area contributed by atoms with E-state index in [0.29, 0.717) is 12.0 Å². The third kappa shape index (κ3) is 4.38. The van der Waals surface area contributed by atoms with Crippen molar-refractivity contribution >= 4 is 5.82 Å². The molecule has 0 radical (unpaired) electrons. The maximum Gasteiger partial charge on any atom is 0.147 e. The molecule has 0 aromatic carbocycles. The Morgan fingerprint density at radius 2 is 1.95 bits per heavy atom. The van der Waals surface area contributed by atoms with Gasteiger partial charge in [0.15, 0.2) is 0 Å². The monoisotopic (exact) mass is 291 g/mol. The summed E-state index contributed by atoms with van der Waals surface area (Å²) in [6.07, 6.45) is 3.80. The maximum absolute atomic E-state index is 4.59. The first-order valence-corrected chi connectivity index (χ1v) is 7.73. The Morgan fingerprint density at radius 1 is 1.24 bits per heavy atom. The van der Waals surface area contributed by atoms with E-state index in [1.807, 2.05) is 12.4 Å². The van der Waals surface area contributed by atoms with E-state index in [-0.39, 0.29) is 5.54 Å². The van der Waals surface area contributed by atoms with Crippen molar-refractivity contribution < 1.29 is 0 Å². The van der Waals surface area contributed by atoms with Crippen molar-refractivity contribution in [3.8, 4) is 0 Å². The van der Waals surface area contributed by atoms with Gasteiger partial charge in [0.2, 0.25) is 0 Å². The lowest BCUT2D eigenvalue weighted by Gasteiger charge is -2.22. The third-order valence-electron chi connectivity index (χ3n) is 4.05. The minimum atomic E-state index is 0.101. The normalized spacial score (nSPS) is 23.1. The molecular formula is C16H29N5. The topological polar surface area (TPSA) is 44.3 Å². The Balaban J connectivity index is 1.97. The Hall–Kier alpha value is -1.20. The number of likely N-dealkylation sites (N-methyl/N-ethyl adjacent to an activating group) is 1. The first-order valence-electron chi connectivity index (χ1n) is 7.73. The van der Waals surface area contributed by atoms with Crippen molar-refractivity contribution in [2.75, 3.05) is 32.1 Å². The van der Waals surface area contributed by atoms with Crippen LogP contribution in [0.3, 0.4) is 0 Å². The van der Waals surface area contributed by atoms with E-state index in [1.54, 1.807) is 0 Å². The van der Waals surface area contributed by atoms with Gasteiger partial charge in [-0.2, -0.15) is 0 Å². The molecule has 118 valence electrons. The van der Waals surface area contributed by atoms with Gasteiger partial charge in [-0.25, -0.2) is 4.98 Å². The first-order chi connectivity index (χ1) is 9.76. The van der Waals surface area contributed by atoms with E-state index in [4.69, 9.17) is 0 Å². The molecule has 1 fully saturated rings. The molecular weight excluding hydrogens is 262 g/mol. The number of hydrogen-bond acceptors (Lipinski definition) is 5. The number of anilines is 1. The van der Waals surface area contributed by atoms with Gasteiger partial charge in [-0.15, -0.1) is 0 Å². The lowest BCUT2D eigenvalue weighted by molar-refractivity contribution is 0.266. The van der Waals surface area contributed by atoms with Crippen molar-refractivity contribution in [1.29, 1.82) is 0 Å². The van der Waals surface area contributed by atoms with Gasteiger partial charge < -0.3 is 15.1 Å². The summed E-state index contributed by atoms with van der Waals surface area (Å²) >= 11 is 0. The van der Waals surface area contributed by atoms with E-state index < -0.39 is 0 Å². The summed E-state index contributed by atoms with van der Waals surface area (Å²) in [5, 5.41) is 3.43. The summed E-state index contributed by atoms with van der Waals surface area (Å²) < 4.78 is 0. The van der Waals surface area contributed by atoms with Crippen LogP contribution >= 0.6 is 0 Å². The molecule has 2 atom stereocenters. The lowest BCUT2D eigenvalue weighted by atomic mass is 10.1. The highest BCUT2D eigenvalue weighted by Crippen LogP contribution is 2.24. The molecule has 2 heterocycles. The van der Waals surface area contributed by atoms with Crippen LogP contribution in [0.25, 0.3) is 0 Å². The summed E-state index contributed by atoms with van der Waals surface area (Å²) in [4.78, 5) is 13.8. The number of aromatic nitrogens is 2. The van der Waals surface area contributed by atoms with Crippen molar-refractivity contribution in [2.24, 2.45) is 5.92 Å². The van der Waals surface area contributed by atoms with Crippen molar-refractivity contribution in [1.82, 2.24) is 20.2 Å². The molecule has 1 aliphatic heterocycles. The van der Waals surface area contributed by atoms with E-state index in [0.717, 1.165) is 31.1 Å². The van der Waals surface area contributed by atoms with Gasteiger partial charge in [0.05, 0.1) is 18.1 Å². The zero-order chi connectivity index (χ0) is 15.6. The molecule has 1 saturated heterocycles. The second kappa shape index (κ2) is 6.28. The largest absolute Gasteiger partial charge is 0.353 e. The average Bonchev–Trinajstić information content (AvgIpc) is 2.78.